The molecular weight excluding hydrogens is 236 g/mol. The Labute approximate surface area is 97.9 Å². The lowest BCUT2D eigenvalue weighted by Gasteiger charge is -2.31. The molecule has 1 saturated carbocycles. The first kappa shape index (κ1) is 13.2. The zero-order chi connectivity index (χ0) is 10.2. The van der Waals surface area contributed by atoms with Crippen molar-refractivity contribution in [2.75, 3.05) is 20.1 Å². The second kappa shape index (κ2) is 4.99. The van der Waals surface area contributed by atoms with Crippen LogP contribution in [0.2, 0.25) is 0 Å². The fourth-order valence-electron chi connectivity index (χ4n) is 1.99. The maximum atomic E-state index is 11.9. The maximum Gasteiger partial charge on any atom is 0.217 e. The first-order valence-electron chi connectivity index (χ1n) is 5.31. The predicted octanol–water partition coefficient (Wildman–Crippen LogP) is 0.584. The van der Waals surface area contributed by atoms with E-state index in [-0.39, 0.29) is 17.7 Å². The Balaban J connectivity index is 0.00000112. The number of hydrogen-bond donors (Lipinski definition) is 1. The molecule has 1 atom stereocenters. The number of piperidine rings is 1. The molecule has 0 unspecified atom stereocenters. The van der Waals surface area contributed by atoms with Gasteiger partial charge in [0.25, 0.3) is 0 Å². The Morgan fingerprint density at radius 2 is 1.93 bits per heavy atom. The summed E-state index contributed by atoms with van der Waals surface area (Å²) in [5.41, 5.74) is 0. The summed E-state index contributed by atoms with van der Waals surface area (Å²) in [7, 11) is -1.04. The molecule has 6 heteroatoms. The highest BCUT2D eigenvalue weighted by molar-refractivity contribution is 7.90. The van der Waals surface area contributed by atoms with Crippen LogP contribution in [-0.4, -0.2) is 44.2 Å². The normalized spacial score (nSPS) is 28.5. The third-order valence-corrected chi connectivity index (χ3v) is 5.46. The highest BCUT2D eigenvalue weighted by Crippen LogP contribution is 2.32. The number of halogens is 1. The third-order valence-electron chi connectivity index (χ3n) is 3.10. The highest BCUT2D eigenvalue weighted by atomic mass is 35.5. The molecule has 4 nitrogen and oxygen atoms in total. The molecule has 1 aliphatic heterocycles. The summed E-state index contributed by atoms with van der Waals surface area (Å²) in [5.74, 6) is 0. The quantitative estimate of drug-likeness (QED) is 0.802. The summed E-state index contributed by atoms with van der Waals surface area (Å²) in [6.07, 6.45) is 3.80. The maximum absolute atomic E-state index is 11.9. The number of nitrogens with zero attached hydrogens (tertiary/aromatic N) is 1. The SMILES string of the molecule is CN[C@H]1CCCN(S(=O)(=O)C2CC2)C1.Cl. The number of sulfonamides is 1. The molecule has 2 fully saturated rings. The van der Waals surface area contributed by atoms with Gasteiger partial charge in [0.2, 0.25) is 10.0 Å². The summed E-state index contributed by atoms with van der Waals surface area (Å²) in [4.78, 5) is 0. The van der Waals surface area contributed by atoms with E-state index in [9.17, 15) is 8.42 Å². The van der Waals surface area contributed by atoms with Crippen LogP contribution in [0.5, 0.6) is 0 Å². The lowest BCUT2D eigenvalue weighted by molar-refractivity contribution is 0.292. The number of nitrogens with one attached hydrogen (secondary N) is 1. The number of rotatable bonds is 3. The molecule has 1 saturated heterocycles. The van der Waals surface area contributed by atoms with E-state index in [0.29, 0.717) is 12.6 Å². The second-order valence-corrected chi connectivity index (χ2v) is 6.44. The molecule has 1 N–H and O–H groups in total. The minimum absolute atomic E-state index is 0. The van der Waals surface area contributed by atoms with Gasteiger partial charge in [0, 0.05) is 19.1 Å². The van der Waals surface area contributed by atoms with E-state index >= 15 is 0 Å². The van der Waals surface area contributed by atoms with Crippen molar-refractivity contribution in [3.63, 3.8) is 0 Å². The van der Waals surface area contributed by atoms with Crippen molar-refractivity contribution in [2.45, 2.75) is 37.0 Å². The lowest BCUT2D eigenvalue weighted by Crippen LogP contribution is -2.47. The van der Waals surface area contributed by atoms with E-state index in [2.05, 4.69) is 5.32 Å². The number of hydrogen-bond acceptors (Lipinski definition) is 3. The Kier molecular flexibility index (Phi) is 4.40. The van der Waals surface area contributed by atoms with Crippen LogP contribution in [-0.2, 0) is 10.0 Å². The van der Waals surface area contributed by atoms with Gasteiger partial charge in [-0.3, -0.25) is 0 Å². The Morgan fingerprint density at radius 3 is 2.47 bits per heavy atom. The Hall–Kier alpha value is 0.160. The molecule has 1 aliphatic carbocycles. The fourth-order valence-corrected chi connectivity index (χ4v) is 3.91. The average Bonchev–Trinajstić information content (AvgIpc) is 3.01. The fraction of sp³-hybridized carbons (Fsp3) is 1.00. The van der Waals surface area contributed by atoms with Crippen LogP contribution in [0.15, 0.2) is 0 Å². The zero-order valence-electron chi connectivity index (χ0n) is 8.98. The lowest BCUT2D eigenvalue weighted by atomic mass is 10.1. The van der Waals surface area contributed by atoms with E-state index in [4.69, 9.17) is 0 Å². The minimum atomic E-state index is -2.94. The Morgan fingerprint density at radius 1 is 1.27 bits per heavy atom. The molecule has 0 aromatic rings. The molecular formula is C9H19ClN2O2S. The molecule has 0 aromatic carbocycles. The van der Waals surface area contributed by atoms with Gasteiger partial charge in [-0.25, -0.2) is 12.7 Å². The van der Waals surface area contributed by atoms with Gasteiger partial charge in [0.15, 0.2) is 0 Å². The molecule has 2 rings (SSSR count). The summed E-state index contributed by atoms with van der Waals surface area (Å²) >= 11 is 0. The van der Waals surface area contributed by atoms with Crippen molar-refractivity contribution >= 4 is 22.4 Å². The molecule has 1 heterocycles. The topological polar surface area (TPSA) is 49.4 Å². The molecule has 2 aliphatic rings. The van der Waals surface area contributed by atoms with Crippen molar-refractivity contribution in [1.29, 1.82) is 0 Å². The summed E-state index contributed by atoms with van der Waals surface area (Å²) in [6, 6.07) is 0.345. The van der Waals surface area contributed by atoms with Crippen LogP contribution >= 0.6 is 12.4 Å². The van der Waals surface area contributed by atoms with Gasteiger partial charge in [-0.15, -0.1) is 12.4 Å². The van der Waals surface area contributed by atoms with Crippen molar-refractivity contribution in [3.8, 4) is 0 Å². The number of likely N-dealkylation sites (N-methyl/N-ethyl adjacent to an activating group) is 1. The van der Waals surface area contributed by atoms with Gasteiger partial charge in [-0.1, -0.05) is 0 Å². The average molecular weight is 255 g/mol. The van der Waals surface area contributed by atoms with Crippen molar-refractivity contribution in [3.05, 3.63) is 0 Å². The van der Waals surface area contributed by atoms with Crippen LogP contribution < -0.4 is 5.32 Å². The van der Waals surface area contributed by atoms with E-state index in [0.717, 1.165) is 32.2 Å². The van der Waals surface area contributed by atoms with Crippen LogP contribution in [0, 0.1) is 0 Å². The summed E-state index contributed by atoms with van der Waals surface area (Å²) < 4.78 is 25.5. The highest BCUT2D eigenvalue weighted by Gasteiger charge is 2.41. The van der Waals surface area contributed by atoms with E-state index in [1.165, 1.54) is 0 Å². The van der Waals surface area contributed by atoms with Crippen LogP contribution in [0.4, 0.5) is 0 Å². The first-order chi connectivity index (χ1) is 6.64. The first-order valence-corrected chi connectivity index (χ1v) is 6.81. The zero-order valence-corrected chi connectivity index (χ0v) is 10.6. The monoisotopic (exact) mass is 254 g/mol. The van der Waals surface area contributed by atoms with Crippen molar-refractivity contribution in [2.24, 2.45) is 0 Å². The van der Waals surface area contributed by atoms with Crippen molar-refractivity contribution < 1.29 is 8.42 Å². The Bertz CT molecular complexity index is 303. The smallest absolute Gasteiger partial charge is 0.217 e. The standard InChI is InChI=1S/C9H18N2O2S.ClH/c1-10-8-3-2-6-11(7-8)14(12,13)9-4-5-9;/h8-10H,2-7H2,1H3;1H/t8-;/m0./s1. The van der Waals surface area contributed by atoms with Gasteiger partial charge in [-0.05, 0) is 32.7 Å². The molecule has 0 bridgehead atoms. The second-order valence-electron chi connectivity index (χ2n) is 4.23. The largest absolute Gasteiger partial charge is 0.316 e. The van der Waals surface area contributed by atoms with E-state index in [1.54, 1.807) is 4.31 Å². The molecule has 90 valence electrons. The van der Waals surface area contributed by atoms with Crippen LogP contribution in [0.1, 0.15) is 25.7 Å². The van der Waals surface area contributed by atoms with Gasteiger partial charge in [0.05, 0.1) is 5.25 Å². The summed E-state index contributed by atoms with van der Waals surface area (Å²) in [5, 5.41) is 3.10. The molecule has 0 aromatic heterocycles. The molecule has 15 heavy (non-hydrogen) atoms. The van der Waals surface area contributed by atoms with Crippen LogP contribution in [0.25, 0.3) is 0 Å². The minimum Gasteiger partial charge on any atom is -0.316 e. The predicted molar refractivity (Wildman–Crippen MR) is 62.8 cm³/mol. The van der Waals surface area contributed by atoms with E-state index in [1.807, 2.05) is 7.05 Å². The van der Waals surface area contributed by atoms with E-state index < -0.39 is 10.0 Å². The molecule has 0 radical (unpaired) electrons. The van der Waals surface area contributed by atoms with Crippen LogP contribution in [0.3, 0.4) is 0 Å². The van der Waals surface area contributed by atoms with Gasteiger partial charge in [-0.2, -0.15) is 0 Å². The van der Waals surface area contributed by atoms with Gasteiger partial charge in [0.1, 0.15) is 0 Å². The van der Waals surface area contributed by atoms with Gasteiger partial charge >= 0.3 is 0 Å². The van der Waals surface area contributed by atoms with Crippen molar-refractivity contribution in [1.82, 2.24) is 9.62 Å². The third kappa shape index (κ3) is 2.84. The van der Waals surface area contributed by atoms with Gasteiger partial charge < -0.3 is 5.32 Å². The molecule has 0 amide bonds. The molecule has 0 spiro atoms. The summed E-state index contributed by atoms with van der Waals surface area (Å²) in [6.45, 7) is 1.38.